The van der Waals surface area contributed by atoms with Gasteiger partial charge in [0.1, 0.15) is 17.9 Å². The Bertz CT molecular complexity index is 2520. The van der Waals surface area contributed by atoms with Gasteiger partial charge >= 0.3 is 0 Å². The van der Waals surface area contributed by atoms with Gasteiger partial charge in [-0.25, -0.2) is 0 Å². The van der Waals surface area contributed by atoms with Crippen LogP contribution in [0.25, 0.3) is 11.6 Å². The molecule has 2 saturated heterocycles. The molecule has 0 radical (unpaired) electrons. The van der Waals surface area contributed by atoms with E-state index < -0.39 is 34.6 Å². The van der Waals surface area contributed by atoms with Crippen LogP contribution in [0.3, 0.4) is 0 Å². The number of carbonyl (C=O) groups is 5. The first kappa shape index (κ1) is 41.4. The second kappa shape index (κ2) is 17.8. The van der Waals surface area contributed by atoms with Crippen LogP contribution in [0.5, 0.6) is 5.75 Å². The molecule has 63 heavy (non-hydrogen) atoms. The van der Waals surface area contributed by atoms with Crippen LogP contribution in [0.1, 0.15) is 69.5 Å². The highest BCUT2D eigenvalue weighted by atomic mass is 16.6. The molecule has 0 aromatic heterocycles. The van der Waals surface area contributed by atoms with E-state index in [1.807, 2.05) is 60.7 Å². The largest absolute Gasteiger partial charge is 0.490 e. The number of para-hydroxylation sites is 1. The van der Waals surface area contributed by atoms with Gasteiger partial charge in [-0.05, 0) is 78.6 Å². The van der Waals surface area contributed by atoms with E-state index in [4.69, 9.17) is 9.47 Å². The molecule has 0 spiro atoms. The monoisotopic (exact) mass is 850 g/mol. The molecule has 4 aromatic rings. The number of allylic oxidation sites excluding steroid dienone is 2. The lowest BCUT2D eigenvalue weighted by atomic mass is 9.92. The number of hydrogen-bond donors (Lipinski definition) is 1. The predicted octanol–water partition coefficient (Wildman–Crippen LogP) is 5.78. The van der Waals surface area contributed by atoms with Gasteiger partial charge in [0.2, 0.25) is 11.8 Å². The minimum atomic E-state index is -0.980. The maximum absolute atomic E-state index is 13.6. The molecule has 322 valence electrons. The van der Waals surface area contributed by atoms with Crippen molar-refractivity contribution in [2.24, 2.45) is 0 Å². The number of nitrogens with one attached hydrogen (secondary N) is 1. The lowest BCUT2D eigenvalue weighted by molar-refractivity contribution is -0.384. The Morgan fingerprint density at radius 3 is 2.29 bits per heavy atom. The molecule has 9 rings (SSSR count). The van der Waals surface area contributed by atoms with Crippen LogP contribution in [0.15, 0.2) is 103 Å². The Labute approximate surface area is 363 Å². The quantitative estimate of drug-likeness (QED) is 0.0537. The maximum Gasteiger partial charge on any atom is 0.269 e. The number of fused-ring (bicyclic) bond motifs is 2. The summed E-state index contributed by atoms with van der Waals surface area (Å²) in [5.41, 5.74) is 5.52. The van der Waals surface area contributed by atoms with Crippen LogP contribution in [0, 0.1) is 10.1 Å². The van der Waals surface area contributed by atoms with Gasteiger partial charge in [0, 0.05) is 87.5 Å². The number of anilines is 2. The van der Waals surface area contributed by atoms with Crippen LogP contribution in [0.2, 0.25) is 0 Å². The Morgan fingerprint density at radius 1 is 0.794 bits per heavy atom. The highest BCUT2D eigenvalue weighted by Crippen LogP contribution is 2.38. The molecule has 15 nitrogen and oxygen atoms in total. The number of carbonyl (C=O) groups excluding carboxylic acids is 5. The summed E-state index contributed by atoms with van der Waals surface area (Å²) >= 11 is 0. The van der Waals surface area contributed by atoms with E-state index in [1.54, 1.807) is 41.3 Å². The molecule has 4 aliphatic heterocycles. The van der Waals surface area contributed by atoms with E-state index in [0.29, 0.717) is 24.3 Å². The molecule has 4 heterocycles. The predicted molar refractivity (Wildman–Crippen MR) is 234 cm³/mol. The molecule has 4 aromatic carbocycles. The van der Waals surface area contributed by atoms with Crippen molar-refractivity contribution in [1.82, 2.24) is 15.1 Å². The topological polar surface area (TPSA) is 172 Å². The van der Waals surface area contributed by atoms with Gasteiger partial charge in [-0.2, -0.15) is 0 Å². The second-order valence-electron chi connectivity index (χ2n) is 16.4. The third-order valence-electron chi connectivity index (χ3n) is 12.4. The van der Waals surface area contributed by atoms with E-state index in [1.165, 1.54) is 12.1 Å². The first-order valence-corrected chi connectivity index (χ1v) is 21.3. The zero-order valence-electron chi connectivity index (χ0n) is 34.5. The van der Waals surface area contributed by atoms with Gasteiger partial charge in [0.25, 0.3) is 23.4 Å². The van der Waals surface area contributed by atoms with Gasteiger partial charge < -0.3 is 19.3 Å². The minimum absolute atomic E-state index is 0.0267. The average Bonchev–Trinajstić information content (AvgIpc) is 3.68. The highest BCUT2D eigenvalue weighted by molar-refractivity contribution is 6.32. The number of benzene rings is 4. The molecular formula is C48H46N6O9. The Balaban J connectivity index is 0.681. The Kier molecular flexibility index (Phi) is 11.7. The number of hydrogen-bond acceptors (Lipinski definition) is 11. The van der Waals surface area contributed by atoms with Gasteiger partial charge in [-0.15, -0.1) is 0 Å². The van der Waals surface area contributed by atoms with Crippen molar-refractivity contribution in [3.05, 3.63) is 141 Å². The normalized spacial score (nSPS) is 21.8. The van der Waals surface area contributed by atoms with E-state index in [0.717, 1.165) is 90.7 Å². The Hall–Kier alpha value is -6.97. The SMILES string of the molecule is O=C1CCC(N2C(=O)c3ccc(N4CCN(CCCOC5CC(Oc6ccc(CN7C(=O)/C(=C/C=C/c8ccc([N+](=O)[O-])cc8)c8ccccc87)cc6)C5)CC4)cc3C2=O)C(=O)N1. The zero-order chi connectivity index (χ0) is 43.6. The molecule has 1 saturated carbocycles. The number of imide groups is 2. The lowest BCUT2D eigenvalue weighted by Gasteiger charge is -2.37. The minimum Gasteiger partial charge on any atom is -0.490 e. The average molecular weight is 851 g/mol. The molecular weight excluding hydrogens is 805 g/mol. The number of piperazine rings is 1. The van der Waals surface area contributed by atoms with Crippen LogP contribution in [-0.2, 0) is 25.7 Å². The summed E-state index contributed by atoms with van der Waals surface area (Å²) in [4.78, 5) is 81.9. The third kappa shape index (κ3) is 8.74. The molecule has 15 heteroatoms. The number of ether oxygens (including phenoxy) is 2. The number of nitro benzene ring substituents is 1. The van der Waals surface area contributed by atoms with E-state index >= 15 is 0 Å². The summed E-state index contributed by atoms with van der Waals surface area (Å²) in [5, 5.41) is 13.2. The summed E-state index contributed by atoms with van der Waals surface area (Å²) in [6.07, 6.45) is 8.42. The van der Waals surface area contributed by atoms with Crippen molar-refractivity contribution in [2.75, 3.05) is 49.1 Å². The van der Waals surface area contributed by atoms with Crippen molar-refractivity contribution < 1.29 is 38.4 Å². The summed E-state index contributed by atoms with van der Waals surface area (Å²) in [7, 11) is 0. The van der Waals surface area contributed by atoms with Crippen molar-refractivity contribution in [1.29, 1.82) is 0 Å². The van der Waals surface area contributed by atoms with Gasteiger partial charge in [-0.1, -0.05) is 42.5 Å². The summed E-state index contributed by atoms with van der Waals surface area (Å²) in [6, 6.07) is 26.1. The first-order valence-electron chi connectivity index (χ1n) is 21.3. The van der Waals surface area contributed by atoms with Crippen LogP contribution in [0.4, 0.5) is 17.1 Å². The van der Waals surface area contributed by atoms with E-state index in [-0.39, 0.29) is 42.2 Å². The van der Waals surface area contributed by atoms with Gasteiger partial charge in [-0.3, -0.25) is 49.2 Å². The molecule has 0 bridgehead atoms. The number of piperidine rings is 1. The zero-order valence-corrected chi connectivity index (χ0v) is 34.5. The third-order valence-corrected chi connectivity index (χ3v) is 12.4. The molecule has 5 aliphatic rings. The molecule has 5 amide bonds. The van der Waals surface area contributed by atoms with E-state index in [9.17, 15) is 34.1 Å². The lowest BCUT2D eigenvalue weighted by Crippen LogP contribution is -2.54. The molecule has 1 aliphatic carbocycles. The van der Waals surface area contributed by atoms with Crippen molar-refractivity contribution >= 4 is 58.2 Å². The summed E-state index contributed by atoms with van der Waals surface area (Å²) < 4.78 is 12.4. The highest BCUT2D eigenvalue weighted by Gasteiger charge is 2.45. The molecule has 1 N–H and O–H groups in total. The number of rotatable bonds is 14. The number of amides is 5. The smallest absolute Gasteiger partial charge is 0.269 e. The molecule has 1 atom stereocenters. The van der Waals surface area contributed by atoms with Crippen molar-refractivity contribution in [3.8, 4) is 5.75 Å². The van der Waals surface area contributed by atoms with Crippen molar-refractivity contribution in [2.45, 2.75) is 56.9 Å². The number of nitro groups is 1. The van der Waals surface area contributed by atoms with Gasteiger partial charge in [0.05, 0.1) is 34.4 Å². The molecule has 3 fully saturated rings. The fourth-order valence-electron chi connectivity index (χ4n) is 8.81. The fourth-order valence-corrected chi connectivity index (χ4v) is 8.81. The molecule has 1 unspecified atom stereocenters. The van der Waals surface area contributed by atoms with Crippen LogP contribution in [-0.4, -0.2) is 102 Å². The standard InChI is InChI=1S/C48H46N6O9/c55-44-20-19-43(45(56)49-44)53-47(58)40-18-15-34(27-41(40)48(53)59)51-24-22-50(23-25-51)21-4-26-62-36-28-37(29-36)63-35-16-11-32(12-17-35)30-52-42-8-2-1-6-38(42)39(46(52)57)7-3-5-31-9-13-33(14-10-31)54(60)61/h1-3,5-18,27,36-37,43H,4,19-26,28-30H2,(H,49,55,56)/b5-3+,39-7+. The second-order valence-corrected chi connectivity index (χ2v) is 16.4. The van der Waals surface area contributed by atoms with Crippen molar-refractivity contribution in [3.63, 3.8) is 0 Å². The summed E-state index contributed by atoms with van der Waals surface area (Å²) in [5.74, 6) is -1.33. The van der Waals surface area contributed by atoms with Crippen LogP contribution >= 0.6 is 0 Å². The van der Waals surface area contributed by atoms with Gasteiger partial charge in [0.15, 0.2) is 0 Å². The number of nitrogens with zero attached hydrogens (tertiary/aromatic N) is 5. The Morgan fingerprint density at radius 2 is 1.54 bits per heavy atom. The van der Waals surface area contributed by atoms with E-state index in [2.05, 4.69) is 15.1 Å². The maximum atomic E-state index is 13.6. The van der Waals surface area contributed by atoms with Crippen LogP contribution < -0.4 is 19.9 Å². The fraction of sp³-hybridized carbons (Fsp3) is 0.312. The summed E-state index contributed by atoms with van der Waals surface area (Å²) in [6.45, 7) is 5.25. The first-order chi connectivity index (χ1) is 30.6. The number of non-ortho nitro benzene ring substituents is 1.